The zero-order valence-corrected chi connectivity index (χ0v) is 8.94. The van der Waals surface area contributed by atoms with Crippen molar-refractivity contribution < 1.29 is 9.84 Å². The zero-order chi connectivity index (χ0) is 10.7. The maximum atomic E-state index is 9.02. The predicted molar refractivity (Wildman–Crippen MR) is 59.8 cm³/mol. The summed E-state index contributed by atoms with van der Waals surface area (Å²) in [7, 11) is 0. The molecule has 2 atom stereocenters. The monoisotopic (exact) mass is 207 g/mol. The highest BCUT2D eigenvalue weighted by Gasteiger charge is 2.23. The van der Waals surface area contributed by atoms with E-state index in [0.717, 1.165) is 24.3 Å². The molecule has 0 aliphatic carbocycles. The summed E-state index contributed by atoms with van der Waals surface area (Å²) < 4.78 is 5.48. The topological polar surface area (TPSA) is 41.5 Å². The van der Waals surface area contributed by atoms with Crippen LogP contribution in [0, 0.1) is 0 Å². The number of anilines is 1. The number of hydrogen-bond donors (Lipinski definition) is 2. The Bertz CT molecular complexity index is 327. The summed E-state index contributed by atoms with van der Waals surface area (Å²) in [6, 6.07) is 8.25. The molecule has 0 saturated carbocycles. The lowest BCUT2D eigenvalue weighted by molar-refractivity contribution is 0.121. The van der Waals surface area contributed by atoms with Gasteiger partial charge in [-0.25, -0.2) is 0 Å². The fourth-order valence-corrected chi connectivity index (χ4v) is 1.89. The van der Waals surface area contributed by atoms with E-state index in [-0.39, 0.29) is 12.7 Å². The Morgan fingerprint density at radius 1 is 1.53 bits per heavy atom. The van der Waals surface area contributed by atoms with Gasteiger partial charge in [0.25, 0.3) is 0 Å². The molecule has 1 aliphatic rings. The molecular formula is C12H17NO2. The summed E-state index contributed by atoms with van der Waals surface area (Å²) >= 11 is 0. The summed E-state index contributed by atoms with van der Waals surface area (Å²) in [5, 5.41) is 12.5. The Hall–Kier alpha value is -1.06. The first-order valence-electron chi connectivity index (χ1n) is 5.37. The van der Waals surface area contributed by atoms with Crippen LogP contribution in [-0.4, -0.2) is 23.9 Å². The molecule has 0 radical (unpaired) electrons. The number of aliphatic hydroxyl groups excluding tert-OH is 1. The third-order valence-electron chi connectivity index (χ3n) is 2.84. The van der Waals surface area contributed by atoms with Crippen LogP contribution < -0.4 is 5.32 Å². The molecule has 15 heavy (non-hydrogen) atoms. The number of ether oxygens (including phenoxy) is 1. The number of rotatable bonds is 3. The summed E-state index contributed by atoms with van der Waals surface area (Å²) in [5.41, 5.74) is 2.00. The molecule has 0 amide bonds. The molecule has 3 heteroatoms. The summed E-state index contributed by atoms with van der Waals surface area (Å²) in [6.07, 6.45) is 1.31. The second-order valence-corrected chi connectivity index (χ2v) is 3.97. The van der Waals surface area contributed by atoms with Crippen LogP contribution in [0.25, 0.3) is 0 Å². The van der Waals surface area contributed by atoms with Crippen molar-refractivity contribution in [2.75, 3.05) is 11.9 Å². The van der Waals surface area contributed by atoms with Crippen molar-refractivity contribution in [2.45, 2.75) is 32.1 Å². The van der Waals surface area contributed by atoms with Crippen molar-refractivity contribution in [3.63, 3.8) is 0 Å². The van der Waals surface area contributed by atoms with Crippen LogP contribution in [0.2, 0.25) is 0 Å². The van der Waals surface area contributed by atoms with Gasteiger partial charge in [-0.15, -0.1) is 0 Å². The van der Waals surface area contributed by atoms with Gasteiger partial charge in [0.15, 0.2) is 0 Å². The largest absolute Gasteiger partial charge is 0.392 e. The van der Waals surface area contributed by atoms with Crippen LogP contribution in [0.1, 0.15) is 18.9 Å². The summed E-state index contributed by atoms with van der Waals surface area (Å²) in [4.78, 5) is 0. The maximum absolute atomic E-state index is 9.02. The highest BCUT2D eigenvalue weighted by atomic mass is 16.5. The molecule has 2 unspecified atom stereocenters. The smallest absolute Gasteiger partial charge is 0.0748 e. The van der Waals surface area contributed by atoms with Gasteiger partial charge in [-0.1, -0.05) is 12.1 Å². The van der Waals surface area contributed by atoms with E-state index in [1.807, 2.05) is 24.3 Å². The number of nitrogens with one attached hydrogen (secondary N) is 1. The van der Waals surface area contributed by atoms with Crippen molar-refractivity contribution in [3.05, 3.63) is 29.8 Å². The molecule has 1 aliphatic heterocycles. The van der Waals surface area contributed by atoms with Crippen LogP contribution in [0.4, 0.5) is 5.69 Å². The zero-order valence-electron chi connectivity index (χ0n) is 8.94. The summed E-state index contributed by atoms with van der Waals surface area (Å²) in [6.45, 7) is 3.01. The Kier molecular flexibility index (Phi) is 3.23. The molecule has 1 fully saturated rings. The second kappa shape index (κ2) is 4.64. The van der Waals surface area contributed by atoms with E-state index < -0.39 is 0 Å². The van der Waals surface area contributed by atoms with E-state index in [0.29, 0.717) is 6.04 Å². The van der Waals surface area contributed by atoms with E-state index in [1.165, 1.54) is 0 Å². The van der Waals surface area contributed by atoms with Gasteiger partial charge in [0.2, 0.25) is 0 Å². The minimum atomic E-state index is 0.0895. The van der Waals surface area contributed by atoms with Crippen LogP contribution in [0.3, 0.4) is 0 Å². The second-order valence-electron chi connectivity index (χ2n) is 3.97. The van der Waals surface area contributed by atoms with Crippen molar-refractivity contribution in [1.29, 1.82) is 0 Å². The number of aliphatic hydroxyl groups is 1. The van der Waals surface area contributed by atoms with Gasteiger partial charge < -0.3 is 15.2 Å². The van der Waals surface area contributed by atoms with Crippen molar-refractivity contribution >= 4 is 5.69 Å². The molecule has 1 aromatic carbocycles. The van der Waals surface area contributed by atoms with E-state index >= 15 is 0 Å². The Morgan fingerprint density at radius 3 is 3.07 bits per heavy atom. The van der Waals surface area contributed by atoms with Crippen LogP contribution in [-0.2, 0) is 11.3 Å². The number of benzene rings is 1. The lowest BCUT2D eigenvalue weighted by Gasteiger charge is -2.17. The average Bonchev–Trinajstić information content (AvgIpc) is 2.65. The molecule has 0 spiro atoms. The lowest BCUT2D eigenvalue weighted by atomic mass is 10.1. The molecule has 3 nitrogen and oxygen atoms in total. The third-order valence-corrected chi connectivity index (χ3v) is 2.84. The van der Waals surface area contributed by atoms with Crippen LogP contribution in [0.15, 0.2) is 24.3 Å². The van der Waals surface area contributed by atoms with Gasteiger partial charge >= 0.3 is 0 Å². The van der Waals surface area contributed by atoms with Gasteiger partial charge in [0.05, 0.1) is 18.8 Å². The fraction of sp³-hybridized carbons (Fsp3) is 0.500. The molecule has 0 aromatic heterocycles. The Balaban J connectivity index is 2.03. The molecule has 1 saturated heterocycles. The molecule has 2 rings (SSSR count). The molecule has 82 valence electrons. The first-order valence-corrected chi connectivity index (χ1v) is 5.37. The quantitative estimate of drug-likeness (QED) is 0.793. The van der Waals surface area contributed by atoms with Crippen LogP contribution >= 0.6 is 0 Å². The minimum absolute atomic E-state index is 0.0895. The predicted octanol–water partition coefficient (Wildman–Crippen LogP) is 1.77. The standard InChI is InChI=1S/C12H17NO2/c1-9-12(5-6-15-9)13-11-4-2-3-10(7-11)8-14/h2-4,7,9,12-14H,5-6,8H2,1H3. The van der Waals surface area contributed by atoms with Gasteiger partial charge in [0.1, 0.15) is 0 Å². The maximum Gasteiger partial charge on any atom is 0.0748 e. The van der Waals surface area contributed by atoms with Crippen molar-refractivity contribution in [3.8, 4) is 0 Å². The molecule has 2 N–H and O–H groups in total. The van der Waals surface area contributed by atoms with Gasteiger partial charge in [-0.2, -0.15) is 0 Å². The lowest BCUT2D eigenvalue weighted by Crippen LogP contribution is -2.26. The van der Waals surface area contributed by atoms with E-state index in [2.05, 4.69) is 12.2 Å². The number of hydrogen-bond acceptors (Lipinski definition) is 3. The highest BCUT2D eigenvalue weighted by Crippen LogP contribution is 2.19. The fourth-order valence-electron chi connectivity index (χ4n) is 1.89. The Morgan fingerprint density at radius 2 is 2.40 bits per heavy atom. The van der Waals surface area contributed by atoms with Gasteiger partial charge in [-0.3, -0.25) is 0 Å². The first kappa shape index (κ1) is 10.5. The highest BCUT2D eigenvalue weighted by molar-refractivity contribution is 5.46. The van der Waals surface area contributed by atoms with Crippen molar-refractivity contribution in [2.24, 2.45) is 0 Å². The molecule has 0 bridgehead atoms. The van der Waals surface area contributed by atoms with E-state index in [4.69, 9.17) is 9.84 Å². The van der Waals surface area contributed by atoms with Gasteiger partial charge in [-0.05, 0) is 31.0 Å². The van der Waals surface area contributed by atoms with Crippen LogP contribution in [0.5, 0.6) is 0 Å². The SMILES string of the molecule is CC1OCCC1Nc1cccc(CO)c1. The molecular weight excluding hydrogens is 190 g/mol. The summed E-state index contributed by atoms with van der Waals surface area (Å²) in [5.74, 6) is 0. The minimum Gasteiger partial charge on any atom is -0.392 e. The van der Waals surface area contributed by atoms with E-state index in [1.54, 1.807) is 0 Å². The average molecular weight is 207 g/mol. The third kappa shape index (κ3) is 2.49. The first-order chi connectivity index (χ1) is 7.29. The van der Waals surface area contributed by atoms with E-state index in [9.17, 15) is 0 Å². The van der Waals surface area contributed by atoms with Crippen molar-refractivity contribution in [1.82, 2.24) is 0 Å². The van der Waals surface area contributed by atoms with Gasteiger partial charge in [0, 0.05) is 12.3 Å². The molecule has 1 heterocycles. The molecule has 1 aromatic rings. The normalized spacial score (nSPS) is 25.5. The Labute approximate surface area is 90.1 Å².